The first-order chi connectivity index (χ1) is 8.75. The van der Waals surface area contributed by atoms with Gasteiger partial charge >= 0.3 is 0 Å². The molecule has 0 spiro atoms. The third-order valence-corrected chi connectivity index (χ3v) is 3.11. The van der Waals surface area contributed by atoms with Crippen LogP contribution < -0.4 is 5.73 Å². The molecular weight excluding hydrogens is 225 g/mol. The molecule has 0 aromatic heterocycles. The lowest BCUT2D eigenvalue weighted by molar-refractivity contribution is 0.628. The molecule has 2 heteroatoms. The molecule has 0 atom stereocenters. The molecule has 2 N–H and O–H groups in total. The van der Waals surface area contributed by atoms with Gasteiger partial charge in [-0.3, -0.25) is 0 Å². The summed E-state index contributed by atoms with van der Waals surface area (Å²) >= 11 is 0. The molecule has 3 aromatic carbocycles. The summed E-state index contributed by atoms with van der Waals surface area (Å²) in [5.41, 5.74) is 8.79. The topological polar surface area (TPSA) is 26.0 Å². The van der Waals surface area contributed by atoms with E-state index in [0.29, 0.717) is 0 Å². The Labute approximate surface area is 105 Å². The van der Waals surface area contributed by atoms with E-state index in [1.807, 2.05) is 36.4 Å². The Morgan fingerprint density at radius 2 is 1.39 bits per heavy atom. The molecule has 0 saturated carbocycles. The Kier molecular flexibility index (Phi) is 2.49. The maximum absolute atomic E-state index is 13.0. The van der Waals surface area contributed by atoms with Crippen LogP contribution in [0.1, 0.15) is 0 Å². The van der Waals surface area contributed by atoms with Crippen molar-refractivity contribution in [2.24, 2.45) is 0 Å². The van der Waals surface area contributed by atoms with Crippen LogP contribution in [0.25, 0.3) is 21.9 Å². The molecule has 88 valence electrons. The largest absolute Gasteiger partial charge is 0.398 e. The highest BCUT2D eigenvalue weighted by Gasteiger charge is 2.05. The zero-order valence-corrected chi connectivity index (χ0v) is 9.73. The summed E-state index contributed by atoms with van der Waals surface area (Å²) in [7, 11) is 0. The quantitative estimate of drug-likeness (QED) is 0.630. The first-order valence-corrected chi connectivity index (χ1v) is 5.79. The molecule has 0 amide bonds. The molecule has 0 heterocycles. The number of hydrogen-bond acceptors (Lipinski definition) is 1. The molecule has 3 rings (SSSR count). The van der Waals surface area contributed by atoms with E-state index in [2.05, 4.69) is 0 Å². The smallest absolute Gasteiger partial charge is 0.123 e. The van der Waals surface area contributed by atoms with Crippen molar-refractivity contribution in [3.8, 4) is 11.1 Å². The number of benzene rings is 3. The van der Waals surface area contributed by atoms with Gasteiger partial charge in [-0.2, -0.15) is 0 Å². The van der Waals surface area contributed by atoms with Crippen molar-refractivity contribution in [2.75, 3.05) is 5.73 Å². The third kappa shape index (κ3) is 1.72. The lowest BCUT2D eigenvalue weighted by atomic mass is 9.97. The van der Waals surface area contributed by atoms with Crippen molar-refractivity contribution < 1.29 is 4.39 Å². The number of rotatable bonds is 1. The Morgan fingerprint density at radius 3 is 2.17 bits per heavy atom. The maximum Gasteiger partial charge on any atom is 0.123 e. The van der Waals surface area contributed by atoms with Crippen molar-refractivity contribution >= 4 is 16.5 Å². The standard InChI is InChI=1S/C16H12FN/c17-12-9-7-11(8-10-12)13-3-1-5-15-14(13)4-2-6-16(15)18/h1-10H,18H2. The van der Waals surface area contributed by atoms with E-state index in [0.717, 1.165) is 27.6 Å². The van der Waals surface area contributed by atoms with Crippen LogP contribution in [-0.2, 0) is 0 Å². The monoisotopic (exact) mass is 237 g/mol. The molecule has 0 saturated heterocycles. The average Bonchev–Trinajstić information content (AvgIpc) is 2.40. The molecule has 0 radical (unpaired) electrons. The highest BCUT2D eigenvalue weighted by molar-refractivity contribution is 6.02. The fraction of sp³-hybridized carbons (Fsp3) is 0. The maximum atomic E-state index is 13.0. The molecular formula is C16H12FN. The lowest BCUT2D eigenvalue weighted by Gasteiger charge is -2.08. The second-order valence-electron chi connectivity index (χ2n) is 4.25. The van der Waals surface area contributed by atoms with Gasteiger partial charge in [0.2, 0.25) is 0 Å². The van der Waals surface area contributed by atoms with Crippen molar-refractivity contribution in [1.29, 1.82) is 0 Å². The number of nitrogens with two attached hydrogens (primary N) is 1. The Balaban J connectivity index is 2.29. The number of halogens is 1. The van der Waals surface area contributed by atoms with Gasteiger partial charge in [-0.1, -0.05) is 42.5 Å². The number of nitrogen functional groups attached to an aromatic ring is 1. The van der Waals surface area contributed by atoms with E-state index in [-0.39, 0.29) is 5.82 Å². The van der Waals surface area contributed by atoms with E-state index < -0.39 is 0 Å². The summed E-state index contributed by atoms with van der Waals surface area (Å²) in [5.74, 6) is -0.224. The van der Waals surface area contributed by atoms with E-state index in [4.69, 9.17) is 5.73 Å². The molecule has 0 unspecified atom stereocenters. The first kappa shape index (κ1) is 10.8. The molecule has 1 nitrogen and oxygen atoms in total. The van der Waals surface area contributed by atoms with Crippen molar-refractivity contribution in [1.82, 2.24) is 0 Å². The molecule has 0 fully saturated rings. The normalized spacial score (nSPS) is 10.7. The molecule has 0 aliphatic heterocycles. The molecule has 0 bridgehead atoms. The van der Waals surface area contributed by atoms with Crippen LogP contribution in [0.4, 0.5) is 10.1 Å². The van der Waals surface area contributed by atoms with Crippen LogP contribution in [0.3, 0.4) is 0 Å². The van der Waals surface area contributed by atoms with E-state index in [1.54, 1.807) is 12.1 Å². The minimum Gasteiger partial charge on any atom is -0.398 e. The van der Waals surface area contributed by atoms with Crippen LogP contribution in [0, 0.1) is 5.82 Å². The number of hydrogen-bond donors (Lipinski definition) is 1. The molecule has 18 heavy (non-hydrogen) atoms. The fourth-order valence-corrected chi connectivity index (χ4v) is 2.22. The van der Waals surface area contributed by atoms with Gasteiger partial charge in [0.15, 0.2) is 0 Å². The Hall–Kier alpha value is -2.35. The van der Waals surface area contributed by atoms with Crippen LogP contribution in [0.15, 0.2) is 60.7 Å². The highest BCUT2D eigenvalue weighted by atomic mass is 19.1. The lowest BCUT2D eigenvalue weighted by Crippen LogP contribution is -1.88. The molecule has 3 aromatic rings. The van der Waals surface area contributed by atoms with E-state index >= 15 is 0 Å². The second-order valence-corrected chi connectivity index (χ2v) is 4.25. The zero-order valence-electron chi connectivity index (χ0n) is 9.73. The minimum atomic E-state index is -0.224. The minimum absolute atomic E-state index is 0.224. The van der Waals surface area contributed by atoms with Crippen LogP contribution in [-0.4, -0.2) is 0 Å². The van der Waals surface area contributed by atoms with Gasteiger partial charge in [-0.05, 0) is 34.7 Å². The Bertz CT molecular complexity index is 702. The zero-order chi connectivity index (χ0) is 12.5. The predicted octanol–water partition coefficient (Wildman–Crippen LogP) is 4.23. The van der Waals surface area contributed by atoms with Crippen LogP contribution in [0.5, 0.6) is 0 Å². The summed E-state index contributed by atoms with van der Waals surface area (Å²) in [5, 5.41) is 2.11. The first-order valence-electron chi connectivity index (χ1n) is 5.79. The Morgan fingerprint density at radius 1 is 0.722 bits per heavy atom. The van der Waals surface area contributed by atoms with Crippen molar-refractivity contribution in [3.05, 3.63) is 66.5 Å². The summed E-state index contributed by atoms with van der Waals surface area (Å²) in [6, 6.07) is 18.4. The summed E-state index contributed by atoms with van der Waals surface area (Å²) in [4.78, 5) is 0. The number of anilines is 1. The van der Waals surface area contributed by atoms with Gasteiger partial charge < -0.3 is 5.73 Å². The summed E-state index contributed by atoms with van der Waals surface area (Å²) in [6.45, 7) is 0. The van der Waals surface area contributed by atoms with Gasteiger partial charge in [-0.25, -0.2) is 4.39 Å². The third-order valence-electron chi connectivity index (χ3n) is 3.11. The van der Waals surface area contributed by atoms with Gasteiger partial charge in [-0.15, -0.1) is 0 Å². The van der Waals surface area contributed by atoms with Crippen LogP contribution in [0.2, 0.25) is 0 Å². The summed E-state index contributed by atoms with van der Waals surface area (Å²) in [6.07, 6.45) is 0. The number of fused-ring (bicyclic) bond motifs is 1. The average molecular weight is 237 g/mol. The van der Waals surface area contributed by atoms with Crippen LogP contribution >= 0.6 is 0 Å². The van der Waals surface area contributed by atoms with Crippen molar-refractivity contribution in [3.63, 3.8) is 0 Å². The highest BCUT2D eigenvalue weighted by Crippen LogP contribution is 2.31. The molecule has 0 aliphatic rings. The van der Waals surface area contributed by atoms with Gasteiger partial charge in [0.25, 0.3) is 0 Å². The second kappa shape index (κ2) is 4.15. The van der Waals surface area contributed by atoms with Gasteiger partial charge in [0.1, 0.15) is 5.82 Å². The predicted molar refractivity (Wildman–Crippen MR) is 73.8 cm³/mol. The van der Waals surface area contributed by atoms with Crippen molar-refractivity contribution in [2.45, 2.75) is 0 Å². The summed E-state index contributed by atoms with van der Waals surface area (Å²) < 4.78 is 13.0. The SMILES string of the molecule is Nc1cccc2c(-c3ccc(F)cc3)cccc12. The van der Waals surface area contributed by atoms with Gasteiger partial charge in [0, 0.05) is 11.1 Å². The fourth-order valence-electron chi connectivity index (χ4n) is 2.22. The van der Waals surface area contributed by atoms with Gasteiger partial charge in [0.05, 0.1) is 0 Å². The van der Waals surface area contributed by atoms with E-state index in [1.165, 1.54) is 12.1 Å². The van der Waals surface area contributed by atoms with E-state index in [9.17, 15) is 4.39 Å². The molecule has 0 aliphatic carbocycles.